The molecule has 1 aromatic carbocycles. The molecule has 0 aliphatic heterocycles. The molecule has 1 N–H and O–H groups in total. The monoisotopic (exact) mass is 294 g/mol. The highest BCUT2D eigenvalue weighted by Gasteiger charge is 2.13. The molecule has 0 unspecified atom stereocenters. The lowest BCUT2D eigenvalue weighted by atomic mass is 10.1. The Balaban J connectivity index is 2.35. The first-order valence-electron chi connectivity index (χ1n) is 5.50. The van der Waals surface area contributed by atoms with Crippen LogP contribution in [0.4, 0.5) is 0 Å². The van der Waals surface area contributed by atoms with Gasteiger partial charge in [0.15, 0.2) is 0 Å². The molecule has 0 saturated heterocycles. The Morgan fingerprint density at radius 1 is 1.42 bits per heavy atom. The van der Waals surface area contributed by atoms with Crippen molar-refractivity contribution in [3.05, 3.63) is 38.9 Å². The van der Waals surface area contributed by atoms with E-state index in [0.29, 0.717) is 21.4 Å². The van der Waals surface area contributed by atoms with Crippen LogP contribution in [0.5, 0.6) is 10.9 Å². The molecule has 0 amide bonds. The summed E-state index contributed by atoms with van der Waals surface area (Å²) < 4.78 is 5.71. The molecule has 0 atom stereocenters. The van der Waals surface area contributed by atoms with E-state index < -0.39 is 0 Å². The number of nitrogens with zero attached hydrogens (tertiary/aromatic N) is 2. The number of rotatable bonds is 3. The molecule has 0 fully saturated rings. The molecule has 4 nitrogen and oxygen atoms in total. The topological polar surface area (TPSA) is 66.1 Å². The van der Waals surface area contributed by atoms with Gasteiger partial charge in [-0.05, 0) is 37.1 Å². The minimum absolute atomic E-state index is 0.162. The Labute approximate surface area is 119 Å². The average Bonchev–Trinajstić information content (AvgIpc) is 2.73. The predicted octanol–water partition coefficient (Wildman–Crippen LogP) is 3.57. The quantitative estimate of drug-likeness (QED) is 0.940. The second kappa shape index (κ2) is 5.57. The van der Waals surface area contributed by atoms with E-state index in [-0.39, 0.29) is 11.8 Å². The van der Waals surface area contributed by atoms with Gasteiger partial charge in [-0.25, -0.2) is 0 Å². The van der Waals surface area contributed by atoms with Crippen molar-refractivity contribution >= 4 is 22.9 Å². The van der Waals surface area contributed by atoms with Gasteiger partial charge in [-0.1, -0.05) is 22.9 Å². The summed E-state index contributed by atoms with van der Waals surface area (Å²) in [6.07, 6.45) is 0. The van der Waals surface area contributed by atoms with E-state index in [1.165, 1.54) is 11.3 Å². The number of aromatic nitrogens is 1. The largest absolute Gasteiger partial charge is 0.430 e. The lowest BCUT2D eigenvalue weighted by Gasteiger charge is -2.09. The Morgan fingerprint density at radius 2 is 2.05 bits per heavy atom. The number of benzene rings is 1. The van der Waals surface area contributed by atoms with Gasteiger partial charge in [0.2, 0.25) is 0 Å². The molecule has 98 valence electrons. The Kier molecular flexibility index (Phi) is 4.05. The van der Waals surface area contributed by atoms with E-state index in [9.17, 15) is 0 Å². The Morgan fingerprint density at radius 3 is 2.53 bits per heavy atom. The summed E-state index contributed by atoms with van der Waals surface area (Å²) in [6, 6.07) is 5.61. The zero-order valence-electron chi connectivity index (χ0n) is 10.4. The maximum Gasteiger partial charge on any atom is 0.280 e. The van der Waals surface area contributed by atoms with E-state index in [0.717, 1.165) is 11.1 Å². The van der Waals surface area contributed by atoms with Crippen LogP contribution in [0.25, 0.3) is 0 Å². The molecule has 19 heavy (non-hydrogen) atoms. The molecule has 2 aromatic rings. The van der Waals surface area contributed by atoms with Crippen LogP contribution in [0.15, 0.2) is 12.1 Å². The number of hydrogen-bond acceptors (Lipinski definition) is 5. The highest BCUT2D eigenvalue weighted by molar-refractivity contribution is 7.13. The number of nitriles is 1. The molecular weight excluding hydrogens is 284 g/mol. The van der Waals surface area contributed by atoms with Crippen molar-refractivity contribution < 1.29 is 9.84 Å². The van der Waals surface area contributed by atoms with Gasteiger partial charge in [0.25, 0.3) is 5.19 Å². The van der Waals surface area contributed by atoms with Gasteiger partial charge in [0.1, 0.15) is 10.9 Å². The Bertz CT molecular complexity index is 638. The fourth-order valence-electron chi connectivity index (χ4n) is 1.72. The molecule has 1 aromatic heterocycles. The van der Waals surface area contributed by atoms with Gasteiger partial charge in [-0.2, -0.15) is 10.2 Å². The van der Waals surface area contributed by atoms with Crippen molar-refractivity contribution in [2.24, 2.45) is 0 Å². The van der Waals surface area contributed by atoms with Crippen LogP contribution in [-0.2, 0) is 6.61 Å². The molecule has 0 aliphatic rings. The summed E-state index contributed by atoms with van der Waals surface area (Å²) in [5.74, 6) is 0.661. The molecule has 0 spiro atoms. The van der Waals surface area contributed by atoms with Gasteiger partial charge in [0.05, 0.1) is 23.1 Å². The smallest absolute Gasteiger partial charge is 0.280 e. The number of aliphatic hydroxyl groups excluding tert-OH is 1. The second-order valence-electron chi connectivity index (χ2n) is 4.00. The first-order chi connectivity index (χ1) is 9.05. The van der Waals surface area contributed by atoms with Crippen LogP contribution in [0, 0.1) is 25.2 Å². The normalized spacial score (nSPS) is 10.3. The van der Waals surface area contributed by atoms with Crippen molar-refractivity contribution in [3.8, 4) is 17.0 Å². The standard InChI is InChI=1S/C13H11ClN2O2S/c1-7-3-9(5-15)4-8(2)11(7)18-13-16-12(14)10(6-17)19-13/h3-4,17H,6H2,1-2H3. The number of halogens is 1. The number of aliphatic hydroxyl groups is 1. The third-order valence-corrected chi connectivity index (χ3v) is 3.90. The van der Waals surface area contributed by atoms with Crippen LogP contribution >= 0.6 is 22.9 Å². The molecular formula is C13H11ClN2O2S. The van der Waals surface area contributed by atoms with Crippen molar-refractivity contribution in [2.75, 3.05) is 0 Å². The lowest BCUT2D eigenvalue weighted by Crippen LogP contribution is -1.92. The van der Waals surface area contributed by atoms with E-state index in [4.69, 9.17) is 26.7 Å². The second-order valence-corrected chi connectivity index (χ2v) is 5.41. The highest BCUT2D eigenvalue weighted by Crippen LogP contribution is 2.35. The van der Waals surface area contributed by atoms with Crippen LogP contribution < -0.4 is 4.74 Å². The minimum Gasteiger partial charge on any atom is -0.430 e. The average molecular weight is 295 g/mol. The van der Waals surface area contributed by atoms with Crippen molar-refractivity contribution in [3.63, 3.8) is 0 Å². The fraction of sp³-hybridized carbons (Fsp3) is 0.231. The van der Waals surface area contributed by atoms with Crippen molar-refractivity contribution in [2.45, 2.75) is 20.5 Å². The predicted molar refractivity (Wildman–Crippen MR) is 73.8 cm³/mol. The summed E-state index contributed by atoms with van der Waals surface area (Å²) in [7, 11) is 0. The van der Waals surface area contributed by atoms with Crippen LogP contribution in [0.1, 0.15) is 21.6 Å². The fourth-order valence-corrected chi connectivity index (χ4v) is 2.69. The van der Waals surface area contributed by atoms with Gasteiger partial charge in [0, 0.05) is 0 Å². The van der Waals surface area contributed by atoms with Gasteiger partial charge in [-0.3, -0.25) is 0 Å². The number of aryl methyl sites for hydroxylation is 2. The summed E-state index contributed by atoms with van der Waals surface area (Å²) in [4.78, 5) is 4.61. The highest BCUT2D eigenvalue weighted by atomic mass is 35.5. The zero-order valence-corrected chi connectivity index (χ0v) is 12.0. The first kappa shape index (κ1) is 13.8. The third kappa shape index (κ3) is 2.87. The van der Waals surface area contributed by atoms with Crippen molar-refractivity contribution in [1.29, 1.82) is 5.26 Å². The summed E-state index contributed by atoms with van der Waals surface area (Å²) in [5.41, 5.74) is 2.30. The molecule has 0 radical (unpaired) electrons. The maximum absolute atomic E-state index is 9.07. The lowest BCUT2D eigenvalue weighted by molar-refractivity contribution is 0.285. The molecule has 1 heterocycles. The molecule has 0 saturated carbocycles. The van der Waals surface area contributed by atoms with Crippen molar-refractivity contribution in [1.82, 2.24) is 4.98 Å². The number of hydrogen-bond donors (Lipinski definition) is 1. The van der Waals surface area contributed by atoms with E-state index >= 15 is 0 Å². The van der Waals surface area contributed by atoms with E-state index in [1.54, 1.807) is 12.1 Å². The van der Waals surface area contributed by atoms with E-state index in [2.05, 4.69) is 11.1 Å². The van der Waals surface area contributed by atoms with Crippen LogP contribution in [0.3, 0.4) is 0 Å². The maximum atomic E-state index is 9.07. The summed E-state index contributed by atoms with van der Waals surface area (Å²) >= 11 is 7.06. The summed E-state index contributed by atoms with van der Waals surface area (Å²) in [5, 5.41) is 18.6. The van der Waals surface area contributed by atoms with Gasteiger partial charge < -0.3 is 9.84 Å². The van der Waals surface area contributed by atoms with Crippen LogP contribution in [0.2, 0.25) is 5.15 Å². The van der Waals surface area contributed by atoms with Crippen LogP contribution in [-0.4, -0.2) is 10.1 Å². The SMILES string of the molecule is Cc1cc(C#N)cc(C)c1Oc1nc(Cl)c(CO)s1. The number of ether oxygens (including phenoxy) is 1. The summed E-state index contributed by atoms with van der Waals surface area (Å²) in [6.45, 7) is 3.57. The molecule has 0 bridgehead atoms. The Hall–Kier alpha value is -1.61. The molecule has 0 aliphatic carbocycles. The number of thiazole rings is 1. The first-order valence-corrected chi connectivity index (χ1v) is 6.70. The minimum atomic E-state index is -0.162. The van der Waals surface area contributed by atoms with E-state index in [1.807, 2.05) is 13.8 Å². The van der Waals surface area contributed by atoms with Gasteiger partial charge in [-0.15, -0.1) is 0 Å². The van der Waals surface area contributed by atoms with Gasteiger partial charge >= 0.3 is 0 Å². The molecule has 6 heteroatoms. The third-order valence-electron chi connectivity index (χ3n) is 2.55. The zero-order chi connectivity index (χ0) is 14.0. The molecule has 2 rings (SSSR count).